The smallest absolute Gasteiger partial charge is 0.341 e. The van der Waals surface area contributed by atoms with E-state index in [2.05, 4.69) is 20.8 Å². The molecule has 0 aliphatic carbocycles. The van der Waals surface area contributed by atoms with Crippen LogP contribution in [0.3, 0.4) is 0 Å². The number of amides is 2. The van der Waals surface area contributed by atoms with Gasteiger partial charge in [0.2, 0.25) is 5.91 Å². The Balaban J connectivity index is 2.20. The maximum atomic E-state index is 12.3. The molecule has 26 heavy (non-hydrogen) atoms. The number of carbonyl (C=O) groups excluding carboxylic acids is 3. The number of aryl methyl sites for hydroxylation is 1. The molecule has 11 heteroatoms. The number of hydrogen-bond acceptors (Lipinski definition) is 8. The Morgan fingerprint density at radius 3 is 2.69 bits per heavy atom. The number of rotatable bonds is 7. The number of ether oxygens (including phenoxy) is 1. The number of thiophene rings is 1. The van der Waals surface area contributed by atoms with Crippen LogP contribution in [-0.2, 0) is 16.6 Å². The highest BCUT2D eigenvalue weighted by atomic mass is 32.2. The lowest BCUT2D eigenvalue weighted by Gasteiger charge is -2.07. The van der Waals surface area contributed by atoms with Gasteiger partial charge in [-0.25, -0.2) is 4.79 Å². The minimum Gasteiger partial charge on any atom is -0.462 e. The van der Waals surface area contributed by atoms with E-state index in [1.165, 1.54) is 25.1 Å². The van der Waals surface area contributed by atoms with Crippen LogP contribution in [0.15, 0.2) is 11.5 Å². The van der Waals surface area contributed by atoms with Crippen LogP contribution in [0.1, 0.15) is 32.5 Å². The molecule has 0 saturated carbocycles. The molecule has 0 bridgehead atoms. The fourth-order valence-electron chi connectivity index (χ4n) is 2.08. The Labute approximate surface area is 158 Å². The number of anilines is 1. The number of hydrogen-bond donors (Lipinski definition) is 2. The van der Waals surface area contributed by atoms with Gasteiger partial charge in [0.15, 0.2) is 5.16 Å². The number of carbonyl (C=O) groups is 3. The molecule has 0 saturated heterocycles. The molecule has 2 aromatic heterocycles. The van der Waals surface area contributed by atoms with Crippen LogP contribution in [-0.4, -0.2) is 52.0 Å². The predicted molar refractivity (Wildman–Crippen MR) is 98.8 cm³/mol. The first-order valence-corrected chi connectivity index (χ1v) is 9.48. The first-order chi connectivity index (χ1) is 12.4. The van der Waals surface area contributed by atoms with Crippen molar-refractivity contribution in [2.75, 3.05) is 24.7 Å². The summed E-state index contributed by atoms with van der Waals surface area (Å²) in [4.78, 5) is 36.9. The molecular formula is C15H19N5O4S2. The molecule has 0 fully saturated rings. The molecule has 0 unspecified atom stereocenters. The van der Waals surface area contributed by atoms with Gasteiger partial charge in [0, 0.05) is 14.1 Å². The Hall–Kier alpha value is -2.40. The van der Waals surface area contributed by atoms with E-state index >= 15 is 0 Å². The van der Waals surface area contributed by atoms with Crippen LogP contribution in [0, 0.1) is 6.92 Å². The van der Waals surface area contributed by atoms with Gasteiger partial charge in [-0.05, 0) is 19.4 Å². The zero-order valence-corrected chi connectivity index (χ0v) is 16.4. The summed E-state index contributed by atoms with van der Waals surface area (Å²) in [5.74, 6) is -1.14. The molecule has 2 amide bonds. The van der Waals surface area contributed by atoms with Gasteiger partial charge in [0.05, 0.1) is 22.8 Å². The molecule has 2 rings (SSSR count). The number of aromatic nitrogens is 3. The monoisotopic (exact) mass is 397 g/mol. The van der Waals surface area contributed by atoms with E-state index in [1.807, 2.05) is 0 Å². The summed E-state index contributed by atoms with van der Waals surface area (Å²) >= 11 is 2.25. The normalized spacial score (nSPS) is 10.5. The summed E-state index contributed by atoms with van der Waals surface area (Å²) in [6.45, 7) is 3.53. The van der Waals surface area contributed by atoms with Gasteiger partial charge in [0.25, 0.3) is 5.91 Å². The lowest BCUT2D eigenvalue weighted by molar-refractivity contribution is -0.113. The molecule has 2 heterocycles. The zero-order valence-electron chi connectivity index (χ0n) is 14.8. The van der Waals surface area contributed by atoms with Gasteiger partial charge in [-0.2, -0.15) is 0 Å². The van der Waals surface area contributed by atoms with Crippen LogP contribution in [0.25, 0.3) is 0 Å². The van der Waals surface area contributed by atoms with Crippen molar-refractivity contribution >= 4 is 45.9 Å². The fourth-order valence-corrected chi connectivity index (χ4v) is 3.92. The van der Waals surface area contributed by atoms with E-state index in [0.29, 0.717) is 20.6 Å². The minimum absolute atomic E-state index is 0.0844. The second-order valence-electron chi connectivity index (χ2n) is 5.12. The number of thioether (sulfide) groups is 1. The van der Waals surface area contributed by atoms with Crippen molar-refractivity contribution < 1.29 is 19.1 Å². The SMILES string of the molecule is CCOC(=O)c1c(NC(=O)CSc2nncn2C)sc(C(=O)NC)c1C. The maximum Gasteiger partial charge on any atom is 0.341 e. The Morgan fingerprint density at radius 1 is 1.38 bits per heavy atom. The summed E-state index contributed by atoms with van der Waals surface area (Å²) in [6, 6.07) is 0. The van der Waals surface area contributed by atoms with Crippen LogP contribution in [0.5, 0.6) is 0 Å². The lowest BCUT2D eigenvalue weighted by atomic mass is 10.1. The summed E-state index contributed by atoms with van der Waals surface area (Å²) in [5, 5.41) is 13.7. The van der Waals surface area contributed by atoms with Gasteiger partial charge in [0.1, 0.15) is 11.3 Å². The molecule has 0 atom stereocenters. The summed E-state index contributed by atoms with van der Waals surface area (Å²) in [5.41, 5.74) is 0.677. The molecule has 0 aliphatic rings. The van der Waals surface area contributed by atoms with Crippen molar-refractivity contribution in [3.05, 3.63) is 22.3 Å². The Kier molecular flexibility index (Phi) is 6.75. The highest BCUT2D eigenvalue weighted by Gasteiger charge is 2.26. The lowest BCUT2D eigenvalue weighted by Crippen LogP contribution is -2.18. The highest BCUT2D eigenvalue weighted by molar-refractivity contribution is 7.99. The Morgan fingerprint density at radius 2 is 2.12 bits per heavy atom. The van der Waals surface area contributed by atoms with E-state index in [-0.39, 0.29) is 29.7 Å². The van der Waals surface area contributed by atoms with Crippen LogP contribution in [0.4, 0.5) is 5.00 Å². The van der Waals surface area contributed by atoms with Gasteiger partial charge in [-0.1, -0.05) is 11.8 Å². The van der Waals surface area contributed by atoms with Gasteiger partial charge in [-0.3, -0.25) is 9.59 Å². The molecule has 0 spiro atoms. The quantitative estimate of drug-likeness (QED) is 0.537. The van der Waals surface area contributed by atoms with Gasteiger partial charge >= 0.3 is 5.97 Å². The van der Waals surface area contributed by atoms with Crippen molar-refractivity contribution in [3.8, 4) is 0 Å². The molecule has 2 N–H and O–H groups in total. The van der Waals surface area contributed by atoms with E-state index in [1.54, 1.807) is 25.5 Å². The standard InChI is InChI=1S/C15H19N5O4S2/c1-5-24-14(23)10-8(2)11(12(22)16-3)26-13(10)18-9(21)6-25-15-19-17-7-20(15)4/h7H,5-6H2,1-4H3,(H,16,22)(H,18,21). The van der Waals surface area contributed by atoms with Crippen molar-refractivity contribution in [1.82, 2.24) is 20.1 Å². The zero-order chi connectivity index (χ0) is 19.3. The summed E-state index contributed by atoms with van der Waals surface area (Å²) < 4.78 is 6.75. The molecule has 2 aromatic rings. The number of nitrogens with zero attached hydrogens (tertiary/aromatic N) is 3. The van der Waals surface area contributed by atoms with E-state index < -0.39 is 5.97 Å². The third-order valence-electron chi connectivity index (χ3n) is 3.31. The average Bonchev–Trinajstić information content (AvgIpc) is 3.15. The molecule has 9 nitrogen and oxygen atoms in total. The second-order valence-corrected chi connectivity index (χ2v) is 7.08. The molecule has 0 aliphatic heterocycles. The van der Waals surface area contributed by atoms with E-state index in [4.69, 9.17) is 4.74 Å². The van der Waals surface area contributed by atoms with Gasteiger partial charge in [-0.15, -0.1) is 21.5 Å². The van der Waals surface area contributed by atoms with Crippen LogP contribution in [0.2, 0.25) is 0 Å². The average molecular weight is 397 g/mol. The third-order valence-corrected chi connectivity index (χ3v) is 5.56. The van der Waals surface area contributed by atoms with Crippen LogP contribution >= 0.6 is 23.1 Å². The molecule has 0 radical (unpaired) electrons. The van der Waals surface area contributed by atoms with Crippen molar-refractivity contribution in [3.63, 3.8) is 0 Å². The molecule has 140 valence electrons. The Bertz CT molecular complexity index is 830. The molecular weight excluding hydrogens is 378 g/mol. The minimum atomic E-state index is -0.576. The number of nitrogens with one attached hydrogen (secondary N) is 2. The third kappa shape index (κ3) is 4.41. The second kappa shape index (κ2) is 8.81. The van der Waals surface area contributed by atoms with Crippen LogP contribution < -0.4 is 10.6 Å². The van der Waals surface area contributed by atoms with Crippen molar-refractivity contribution in [2.45, 2.75) is 19.0 Å². The van der Waals surface area contributed by atoms with E-state index in [0.717, 1.165) is 11.3 Å². The van der Waals surface area contributed by atoms with E-state index in [9.17, 15) is 14.4 Å². The fraction of sp³-hybridized carbons (Fsp3) is 0.400. The maximum absolute atomic E-state index is 12.3. The first kappa shape index (κ1) is 19.9. The predicted octanol–water partition coefficient (Wildman–Crippen LogP) is 1.45. The highest BCUT2D eigenvalue weighted by Crippen LogP contribution is 2.34. The van der Waals surface area contributed by atoms with Gasteiger partial charge < -0.3 is 19.9 Å². The summed E-state index contributed by atoms with van der Waals surface area (Å²) in [6.07, 6.45) is 1.54. The molecule has 0 aromatic carbocycles. The first-order valence-electron chi connectivity index (χ1n) is 7.68. The topological polar surface area (TPSA) is 115 Å². The largest absolute Gasteiger partial charge is 0.462 e. The number of esters is 1. The van der Waals surface area contributed by atoms with Crippen molar-refractivity contribution in [2.24, 2.45) is 7.05 Å². The summed E-state index contributed by atoms with van der Waals surface area (Å²) in [7, 11) is 3.28. The van der Waals surface area contributed by atoms with Crippen molar-refractivity contribution in [1.29, 1.82) is 0 Å².